The van der Waals surface area contributed by atoms with E-state index in [9.17, 15) is 0 Å². The molecule has 0 aliphatic heterocycles. The van der Waals surface area contributed by atoms with Crippen LogP contribution in [0.15, 0.2) is 18.3 Å². The lowest BCUT2D eigenvalue weighted by Gasteiger charge is -2.14. The summed E-state index contributed by atoms with van der Waals surface area (Å²) in [5, 5.41) is 4.46. The van der Waals surface area contributed by atoms with E-state index < -0.39 is 0 Å². The zero-order valence-electron chi connectivity index (χ0n) is 9.78. The first-order valence-electron chi connectivity index (χ1n) is 5.27. The lowest BCUT2D eigenvalue weighted by atomic mass is 9.92. The lowest BCUT2D eigenvalue weighted by molar-refractivity contribution is 0.401. The monoisotopic (exact) mass is 203 g/mol. The van der Waals surface area contributed by atoms with Crippen molar-refractivity contribution in [1.29, 1.82) is 0 Å². The van der Waals surface area contributed by atoms with Crippen molar-refractivity contribution in [3.05, 3.63) is 29.7 Å². The van der Waals surface area contributed by atoms with Crippen LogP contribution in [0.3, 0.4) is 0 Å². The fourth-order valence-electron chi connectivity index (χ4n) is 1.63. The van der Waals surface area contributed by atoms with E-state index in [0.29, 0.717) is 0 Å². The van der Waals surface area contributed by atoms with E-state index in [1.54, 1.807) is 0 Å². The molecule has 0 saturated heterocycles. The molecule has 0 amide bonds. The Morgan fingerprint density at radius 3 is 2.67 bits per heavy atom. The van der Waals surface area contributed by atoms with Crippen molar-refractivity contribution in [2.24, 2.45) is 5.41 Å². The quantitative estimate of drug-likeness (QED) is 0.713. The van der Waals surface area contributed by atoms with E-state index in [1.165, 1.54) is 5.56 Å². The minimum atomic E-state index is 0.235. The predicted octanol–water partition coefficient (Wildman–Crippen LogP) is 2.63. The number of fused-ring (bicyclic) bond motifs is 1. The summed E-state index contributed by atoms with van der Waals surface area (Å²) in [5.41, 5.74) is 2.38. The summed E-state index contributed by atoms with van der Waals surface area (Å²) in [5.74, 6) is 0.928. The van der Waals surface area contributed by atoms with Gasteiger partial charge in [-0.25, -0.2) is 9.50 Å². The van der Waals surface area contributed by atoms with Crippen LogP contribution in [0, 0.1) is 12.3 Å². The summed E-state index contributed by atoms with van der Waals surface area (Å²) in [4.78, 5) is 4.55. The molecule has 2 rings (SSSR count). The van der Waals surface area contributed by atoms with Crippen LogP contribution in [0.4, 0.5) is 0 Å². The van der Waals surface area contributed by atoms with Gasteiger partial charge in [0.05, 0.1) is 0 Å². The summed E-state index contributed by atoms with van der Waals surface area (Å²) in [7, 11) is 0. The van der Waals surface area contributed by atoms with E-state index in [1.807, 2.05) is 16.8 Å². The van der Waals surface area contributed by atoms with Gasteiger partial charge >= 0.3 is 0 Å². The SMILES string of the molecule is Cc1cccn2nc(CC(C)(C)C)nc12. The Hall–Kier alpha value is -1.38. The highest BCUT2D eigenvalue weighted by molar-refractivity contribution is 5.45. The maximum Gasteiger partial charge on any atom is 0.158 e. The third-order valence-corrected chi connectivity index (χ3v) is 2.29. The second kappa shape index (κ2) is 3.33. The molecule has 0 aromatic carbocycles. The average Bonchev–Trinajstić information content (AvgIpc) is 2.45. The summed E-state index contributed by atoms with van der Waals surface area (Å²) in [6.07, 6.45) is 2.86. The number of aryl methyl sites for hydroxylation is 1. The molecule has 0 aliphatic rings. The molecule has 0 atom stereocenters. The van der Waals surface area contributed by atoms with Crippen LogP contribution in [0.25, 0.3) is 5.65 Å². The van der Waals surface area contributed by atoms with Gasteiger partial charge in [-0.05, 0) is 24.0 Å². The molecule has 80 valence electrons. The van der Waals surface area contributed by atoms with Crippen LogP contribution in [0.5, 0.6) is 0 Å². The zero-order valence-corrected chi connectivity index (χ0v) is 9.78. The van der Waals surface area contributed by atoms with E-state index in [4.69, 9.17) is 0 Å². The van der Waals surface area contributed by atoms with Gasteiger partial charge in [0.2, 0.25) is 0 Å². The fraction of sp³-hybridized carbons (Fsp3) is 0.500. The highest BCUT2D eigenvalue weighted by atomic mass is 15.3. The second-order valence-electron chi connectivity index (χ2n) is 5.22. The first kappa shape index (κ1) is 10.1. The van der Waals surface area contributed by atoms with Gasteiger partial charge in [0.25, 0.3) is 0 Å². The van der Waals surface area contributed by atoms with Crippen LogP contribution < -0.4 is 0 Å². The molecule has 0 radical (unpaired) electrons. The van der Waals surface area contributed by atoms with E-state index >= 15 is 0 Å². The van der Waals surface area contributed by atoms with Crippen molar-refractivity contribution in [3.63, 3.8) is 0 Å². The molecule has 3 heteroatoms. The summed E-state index contributed by atoms with van der Waals surface area (Å²) in [6.45, 7) is 8.66. The van der Waals surface area contributed by atoms with Crippen molar-refractivity contribution in [2.45, 2.75) is 34.1 Å². The van der Waals surface area contributed by atoms with E-state index in [0.717, 1.165) is 17.9 Å². The van der Waals surface area contributed by atoms with Gasteiger partial charge in [0.1, 0.15) is 0 Å². The second-order valence-corrected chi connectivity index (χ2v) is 5.22. The average molecular weight is 203 g/mol. The minimum Gasteiger partial charge on any atom is -0.221 e. The van der Waals surface area contributed by atoms with Crippen molar-refractivity contribution < 1.29 is 0 Å². The smallest absolute Gasteiger partial charge is 0.158 e. The highest BCUT2D eigenvalue weighted by Gasteiger charge is 2.15. The number of hydrogen-bond acceptors (Lipinski definition) is 2. The van der Waals surface area contributed by atoms with E-state index in [-0.39, 0.29) is 5.41 Å². The molecule has 2 aromatic heterocycles. The highest BCUT2D eigenvalue weighted by Crippen LogP contribution is 2.19. The third-order valence-electron chi connectivity index (χ3n) is 2.29. The molecule has 3 nitrogen and oxygen atoms in total. The minimum absolute atomic E-state index is 0.235. The predicted molar refractivity (Wildman–Crippen MR) is 60.9 cm³/mol. The molecule has 0 bridgehead atoms. The molecule has 0 N–H and O–H groups in total. The molecule has 0 spiro atoms. The van der Waals surface area contributed by atoms with Crippen LogP contribution >= 0.6 is 0 Å². The van der Waals surface area contributed by atoms with Gasteiger partial charge in [0, 0.05) is 12.6 Å². The maximum atomic E-state index is 4.55. The lowest BCUT2D eigenvalue weighted by Crippen LogP contribution is -2.10. The number of aromatic nitrogens is 3. The summed E-state index contributed by atoms with van der Waals surface area (Å²) in [6, 6.07) is 4.06. The van der Waals surface area contributed by atoms with Crippen LogP contribution in [0.1, 0.15) is 32.2 Å². The molecule has 15 heavy (non-hydrogen) atoms. The largest absolute Gasteiger partial charge is 0.221 e. The van der Waals surface area contributed by atoms with Crippen LogP contribution in [-0.4, -0.2) is 14.6 Å². The Balaban J connectivity index is 2.44. The fourth-order valence-corrected chi connectivity index (χ4v) is 1.63. The number of pyridine rings is 1. The Morgan fingerprint density at radius 1 is 1.33 bits per heavy atom. The molecule has 0 unspecified atom stereocenters. The summed E-state index contributed by atoms with van der Waals surface area (Å²) < 4.78 is 1.86. The molecular weight excluding hydrogens is 186 g/mol. The van der Waals surface area contributed by atoms with Gasteiger partial charge in [-0.2, -0.15) is 5.10 Å². The van der Waals surface area contributed by atoms with Gasteiger partial charge in [-0.15, -0.1) is 0 Å². The van der Waals surface area contributed by atoms with E-state index in [2.05, 4.69) is 43.8 Å². The first-order chi connectivity index (χ1) is 6.96. The molecule has 2 aromatic rings. The zero-order chi connectivity index (χ0) is 11.1. The normalized spacial score (nSPS) is 12.3. The summed E-state index contributed by atoms with van der Waals surface area (Å²) >= 11 is 0. The van der Waals surface area contributed by atoms with Crippen molar-refractivity contribution in [3.8, 4) is 0 Å². The van der Waals surface area contributed by atoms with Crippen molar-refractivity contribution in [2.75, 3.05) is 0 Å². The number of hydrogen-bond donors (Lipinski definition) is 0. The molecule has 0 aliphatic carbocycles. The molecule has 2 heterocycles. The standard InChI is InChI=1S/C12H17N3/c1-9-6-5-7-15-11(9)13-10(14-15)8-12(2,3)4/h5-7H,8H2,1-4H3. The topological polar surface area (TPSA) is 30.2 Å². The molecular formula is C12H17N3. The van der Waals surface area contributed by atoms with Gasteiger partial charge in [-0.1, -0.05) is 26.8 Å². The Kier molecular flexibility index (Phi) is 2.25. The Labute approximate surface area is 90.1 Å². The maximum absolute atomic E-state index is 4.55. The van der Waals surface area contributed by atoms with Gasteiger partial charge in [0.15, 0.2) is 11.5 Å². The molecule has 0 fully saturated rings. The van der Waals surface area contributed by atoms with Crippen LogP contribution in [-0.2, 0) is 6.42 Å². The van der Waals surface area contributed by atoms with Crippen molar-refractivity contribution >= 4 is 5.65 Å². The Morgan fingerprint density at radius 2 is 2.07 bits per heavy atom. The van der Waals surface area contributed by atoms with Gasteiger partial charge in [-0.3, -0.25) is 0 Å². The molecule has 0 saturated carbocycles. The Bertz CT molecular complexity index is 477. The van der Waals surface area contributed by atoms with Crippen molar-refractivity contribution in [1.82, 2.24) is 14.6 Å². The first-order valence-corrected chi connectivity index (χ1v) is 5.27. The van der Waals surface area contributed by atoms with Crippen LogP contribution in [0.2, 0.25) is 0 Å². The third kappa shape index (κ3) is 2.17. The van der Waals surface area contributed by atoms with Gasteiger partial charge < -0.3 is 0 Å². The number of nitrogens with zero attached hydrogens (tertiary/aromatic N) is 3. The number of rotatable bonds is 1.